The van der Waals surface area contributed by atoms with Crippen LogP contribution in [0.4, 0.5) is 14.9 Å². The van der Waals surface area contributed by atoms with Gasteiger partial charge in [-0.05, 0) is 47.4 Å². The van der Waals surface area contributed by atoms with Crippen molar-refractivity contribution in [2.24, 2.45) is 0 Å². The van der Waals surface area contributed by atoms with Crippen molar-refractivity contribution in [3.05, 3.63) is 65.0 Å². The first-order valence-corrected chi connectivity index (χ1v) is 10.0. The molecule has 2 aliphatic rings. The molecule has 0 radical (unpaired) electrons. The van der Waals surface area contributed by atoms with Crippen LogP contribution in [0, 0.1) is 5.82 Å². The summed E-state index contributed by atoms with van der Waals surface area (Å²) >= 11 is 0. The normalized spacial score (nSPS) is 18.0. The second-order valence-corrected chi connectivity index (χ2v) is 7.52. The van der Waals surface area contributed by atoms with Crippen LogP contribution in [0.15, 0.2) is 42.5 Å². The largest absolute Gasteiger partial charge is 0.322 e. The highest BCUT2D eigenvalue weighted by atomic mass is 19.1. The first-order valence-electron chi connectivity index (χ1n) is 10.0. The number of hydrogen-bond donors (Lipinski definition) is 2. The number of carbonyl (C=O) groups is 1. The number of piperazine rings is 1. The Morgan fingerprint density at radius 1 is 1.07 bits per heavy atom. The van der Waals surface area contributed by atoms with Crippen molar-refractivity contribution in [2.75, 3.05) is 31.5 Å². The fraction of sp³-hybridized carbons (Fsp3) is 0.409. The van der Waals surface area contributed by atoms with Gasteiger partial charge in [-0.1, -0.05) is 25.1 Å². The molecule has 1 unspecified atom stereocenters. The molecular formula is C22H27FN4O. The van der Waals surface area contributed by atoms with E-state index in [0.717, 1.165) is 43.9 Å². The Hall–Kier alpha value is -2.44. The smallest absolute Gasteiger partial charge is 0.321 e. The molecule has 0 spiro atoms. The highest BCUT2D eigenvalue weighted by molar-refractivity contribution is 5.89. The Bertz CT molecular complexity index is 831. The molecule has 0 aromatic heterocycles. The number of halogens is 1. The third kappa shape index (κ3) is 4.03. The zero-order valence-electron chi connectivity index (χ0n) is 16.2. The molecular weight excluding hydrogens is 355 g/mol. The summed E-state index contributed by atoms with van der Waals surface area (Å²) < 4.78 is 13.2. The maximum Gasteiger partial charge on any atom is 0.321 e. The van der Waals surface area contributed by atoms with Crippen molar-refractivity contribution in [2.45, 2.75) is 32.5 Å². The second-order valence-electron chi connectivity index (χ2n) is 7.52. The van der Waals surface area contributed by atoms with Gasteiger partial charge in [0.1, 0.15) is 5.82 Å². The van der Waals surface area contributed by atoms with E-state index in [2.05, 4.69) is 34.6 Å². The molecule has 2 heterocycles. The van der Waals surface area contributed by atoms with Gasteiger partial charge < -0.3 is 15.5 Å². The van der Waals surface area contributed by atoms with Crippen LogP contribution >= 0.6 is 0 Å². The van der Waals surface area contributed by atoms with Crippen LogP contribution < -0.4 is 10.6 Å². The van der Waals surface area contributed by atoms with E-state index in [0.29, 0.717) is 13.1 Å². The number of hydrogen-bond acceptors (Lipinski definition) is 3. The summed E-state index contributed by atoms with van der Waals surface area (Å²) in [5.74, 6) is -0.206. The lowest BCUT2D eigenvalue weighted by atomic mass is 10.0. The van der Waals surface area contributed by atoms with Crippen molar-refractivity contribution in [3.8, 4) is 0 Å². The van der Waals surface area contributed by atoms with Gasteiger partial charge in [-0.25, -0.2) is 9.18 Å². The van der Waals surface area contributed by atoms with Crippen molar-refractivity contribution >= 4 is 11.7 Å². The number of nitrogens with one attached hydrogen (secondary N) is 2. The first-order chi connectivity index (χ1) is 13.6. The Kier molecular flexibility index (Phi) is 5.59. The van der Waals surface area contributed by atoms with Gasteiger partial charge in [-0.3, -0.25) is 4.90 Å². The van der Waals surface area contributed by atoms with E-state index in [1.807, 2.05) is 23.1 Å². The summed E-state index contributed by atoms with van der Waals surface area (Å²) in [5, 5.41) is 6.36. The van der Waals surface area contributed by atoms with E-state index in [4.69, 9.17) is 0 Å². The zero-order valence-corrected chi connectivity index (χ0v) is 16.2. The van der Waals surface area contributed by atoms with Crippen LogP contribution in [0.1, 0.15) is 36.1 Å². The van der Waals surface area contributed by atoms with E-state index >= 15 is 0 Å². The Labute approximate surface area is 165 Å². The van der Waals surface area contributed by atoms with Crippen LogP contribution in [0.2, 0.25) is 0 Å². The molecule has 0 bridgehead atoms. The molecule has 6 heteroatoms. The van der Waals surface area contributed by atoms with Crippen LogP contribution in [0.5, 0.6) is 0 Å². The minimum atomic E-state index is -0.206. The lowest BCUT2D eigenvalue weighted by Crippen LogP contribution is -2.50. The van der Waals surface area contributed by atoms with Gasteiger partial charge >= 0.3 is 6.03 Å². The van der Waals surface area contributed by atoms with Gasteiger partial charge in [0, 0.05) is 51.0 Å². The van der Waals surface area contributed by atoms with Crippen molar-refractivity contribution in [3.63, 3.8) is 0 Å². The van der Waals surface area contributed by atoms with E-state index in [1.165, 1.54) is 23.3 Å². The molecule has 148 valence electrons. The van der Waals surface area contributed by atoms with Crippen LogP contribution in [0.3, 0.4) is 0 Å². The minimum Gasteiger partial charge on any atom is -0.322 e. The molecule has 5 nitrogen and oxygen atoms in total. The fourth-order valence-electron chi connectivity index (χ4n) is 4.20. The highest BCUT2D eigenvalue weighted by Gasteiger charge is 2.26. The zero-order chi connectivity index (χ0) is 19.5. The molecule has 4 rings (SSSR count). The van der Waals surface area contributed by atoms with Crippen molar-refractivity contribution in [1.82, 2.24) is 15.1 Å². The van der Waals surface area contributed by atoms with E-state index < -0.39 is 0 Å². The third-order valence-electron chi connectivity index (χ3n) is 5.77. The average molecular weight is 382 g/mol. The number of carbonyl (C=O) groups excluding carboxylic acids is 1. The maximum absolute atomic E-state index is 13.2. The number of urea groups is 1. The molecule has 0 aliphatic carbocycles. The molecule has 1 atom stereocenters. The summed E-state index contributed by atoms with van der Waals surface area (Å²) in [6.45, 7) is 6.92. The predicted octanol–water partition coefficient (Wildman–Crippen LogP) is 3.73. The Morgan fingerprint density at radius 2 is 1.79 bits per heavy atom. The van der Waals surface area contributed by atoms with Gasteiger partial charge in [0.25, 0.3) is 0 Å². The summed E-state index contributed by atoms with van der Waals surface area (Å²) in [6, 6.07) is 13.1. The summed E-state index contributed by atoms with van der Waals surface area (Å²) in [6.07, 6.45) is 0.959. The van der Waals surface area contributed by atoms with Gasteiger partial charge in [0.2, 0.25) is 0 Å². The maximum atomic E-state index is 13.2. The highest BCUT2D eigenvalue weighted by Crippen LogP contribution is 2.26. The molecule has 2 N–H and O–H groups in total. The Morgan fingerprint density at radius 3 is 2.50 bits per heavy atom. The van der Waals surface area contributed by atoms with Gasteiger partial charge in [-0.2, -0.15) is 0 Å². The number of benzene rings is 2. The molecule has 2 aromatic rings. The number of amides is 2. The quantitative estimate of drug-likeness (QED) is 0.847. The summed E-state index contributed by atoms with van der Waals surface area (Å²) in [7, 11) is 0. The van der Waals surface area contributed by atoms with E-state index in [-0.39, 0.29) is 17.9 Å². The number of rotatable bonds is 4. The van der Waals surface area contributed by atoms with Crippen molar-refractivity contribution in [1.29, 1.82) is 0 Å². The van der Waals surface area contributed by atoms with Crippen LogP contribution in [-0.2, 0) is 13.1 Å². The summed E-state index contributed by atoms with van der Waals surface area (Å²) in [5.41, 5.74) is 4.55. The molecule has 2 aliphatic heterocycles. The number of anilines is 1. The summed E-state index contributed by atoms with van der Waals surface area (Å²) in [4.78, 5) is 16.9. The number of fused-ring (bicyclic) bond motifs is 1. The fourth-order valence-corrected chi connectivity index (χ4v) is 4.20. The topological polar surface area (TPSA) is 47.6 Å². The second kappa shape index (κ2) is 8.29. The van der Waals surface area contributed by atoms with Gasteiger partial charge in [0.15, 0.2) is 0 Å². The van der Waals surface area contributed by atoms with Gasteiger partial charge in [0.05, 0.1) is 0 Å². The SMILES string of the molecule is CCC(c1ccc(F)cc1)N1CCN(C(=O)Nc2ccc3c(c2)CNC3)CC1. The third-order valence-corrected chi connectivity index (χ3v) is 5.77. The minimum absolute atomic E-state index is 0.0413. The molecule has 1 saturated heterocycles. The molecule has 2 aromatic carbocycles. The molecule has 0 saturated carbocycles. The molecule has 28 heavy (non-hydrogen) atoms. The van der Waals surface area contributed by atoms with E-state index in [1.54, 1.807) is 0 Å². The lowest BCUT2D eigenvalue weighted by molar-refractivity contribution is 0.111. The predicted molar refractivity (Wildman–Crippen MR) is 109 cm³/mol. The van der Waals surface area contributed by atoms with Crippen LogP contribution in [0.25, 0.3) is 0 Å². The Balaban J connectivity index is 1.34. The standard InChI is InChI=1S/C22H27FN4O/c1-2-21(16-3-6-19(23)7-4-16)26-9-11-27(12-10-26)22(28)25-20-8-5-17-14-24-15-18(17)13-20/h3-8,13,21,24H,2,9-12,14-15H2,1H3,(H,25,28). The number of nitrogens with zero attached hydrogens (tertiary/aromatic N) is 2. The van der Waals surface area contributed by atoms with E-state index in [9.17, 15) is 9.18 Å². The monoisotopic (exact) mass is 382 g/mol. The van der Waals surface area contributed by atoms with Crippen LogP contribution in [-0.4, -0.2) is 42.0 Å². The molecule has 2 amide bonds. The first kappa shape index (κ1) is 18.9. The van der Waals surface area contributed by atoms with Gasteiger partial charge in [-0.15, -0.1) is 0 Å². The average Bonchev–Trinajstić information content (AvgIpc) is 3.18. The van der Waals surface area contributed by atoms with Crippen molar-refractivity contribution < 1.29 is 9.18 Å². The molecule has 1 fully saturated rings. The lowest BCUT2D eigenvalue weighted by Gasteiger charge is -2.39.